The van der Waals surface area contributed by atoms with E-state index < -0.39 is 0 Å². The second-order valence-electron chi connectivity index (χ2n) is 8.23. The van der Waals surface area contributed by atoms with Gasteiger partial charge in [-0.2, -0.15) is 0 Å². The lowest BCUT2D eigenvalue weighted by atomic mass is 9.90. The summed E-state index contributed by atoms with van der Waals surface area (Å²) in [5.74, 6) is 0.0133. The minimum absolute atomic E-state index is 0.0133. The number of nitrogens with zero attached hydrogens (tertiary/aromatic N) is 3. The summed E-state index contributed by atoms with van der Waals surface area (Å²) in [5.41, 5.74) is 3.11. The summed E-state index contributed by atoms with van der Waals surface area (Å²) in [6.45, 7) is 7.22. The number of carbonyl (C=O) groups is 1. The van der Waals surface area contributed by atoms with Crippen LogP contribution in [0.15, 0.2) is 35.1 Å². The lowest BCUT2D eigenvalue weighted by Gasteiger charge is -2.24. The Hall–Kier alpha value is -2.63. The Morgan fingerprint density at radius 1 is 1.42 bits per heavy atom. The first-order valence-corrected chi connectivity index (χ1v) is 9.11. The highest BCUT2D eigenvalue weighted by Gasteiger charge is 2.31. The Kier molecular flexibility index (Phi) is 4.05. The number of aromatic amines is 1. The molecule has 4 heterocycles. The quantitative estimate of drug-likeness (QED) is 0.769. The first-order valence-electron chi connectivity index (χ1n) is 9.11. The van der Waals surface area contributed by atoms with Crippen molar-refractivity contribution in [2.24, 2.45) is 5.41 Å². The maximum atomic E-state index is 13.1. The highest BCUT2D eigenvalue weighted by Crippen LogP contribution is 2.33. The smallest absolute Gasteiger partial charge is 0.257 e. The van der Waals surface area contributed by atoms with Crippen LogP contribution in [0.3, 0.4) is 0 Å². The van der Waals surface area contributed by atoms with Crippen LogP contribution in [0.25, 0.3) is 11.1 Å². The number of fused-ring (bicyclic) bond motifs is 1. The third kappa shape index (κ3) is 3.11. The Morgan fingerprint density at radius 2 is 2.27 bits per heavy atom. The van der Waals surface area contributed by atoms with Gasteiger partial charge in [-0.3, -0.25) is 4.79 Å². The van der Waals surface area contributed by atoms with Crippen molar-refractivity contribution in [3.05, 3.63) is 47.5 Å². The fraction of sp³-hybridized carbons (Fsp3) is 0.450. The molecule has 0 unspecified atom stereocenters. The molecule has 1 fully saturated rings. The molecule has 3 aromatic heterocycles. The van der Waals surface area contributed by atoms with Crippen molar-refractivity contribution in [1.29, 1.82) is 0 Å². The standard InChI is InChI=1S/C20H24N4O2/c1-20(2,3)11-16-14-10-13(12-22-18(14)26-23-16)19(25)24-9-5-7-17(24)15-6-4-8-21-15/h4,6,8,10,12,17,21H,5,7,9,11H2,1-3H3/t17-/m0/s1. The second-order valence-corrected chi connectivity index (χ2v) is 8.23. The average molecular weight is 352 g/mol. The van der Waals surface area contributed by atoms with Crippen molar-refractivity contribution >= 4 is 17.0 Å². The van der Waals surface area contributed by atoms with Gasteiger partial charge in [0.1, 0.15) is 0 Å². The lowest BCUT2D eigenvalue weighted by Crippen LogP contribution is -2.30. The third-order valence-electron chi connectivity index (χ3n) is 4.84. The van der Waals surface area contributed by atoms with E-state index in [0.717, 1.165) is 42.6 Å². The molecule has 1 aliphatic rings. The molecular weight excluding hydrogens is 328 g/mol. The van der Waals surface area contributed by atoms with Crippen LogP contribution in [-0.2, 0) is 6.42 Å². The van der Waals surface area contributed by atoms with Crippen molar-refractivity contribution in [1.82, 2.24) is 20.0 Å². The zero-order valence-electron chi connectivity index (χ0n) is 15.5. The first-order chi connectivity index (χ1) is 12.4. The van der Waals surface area contributed by atoms with E-state index in [1.807, 2.05) is 29.3 Å². The molecule has 4 rings (SSSR count). The van der Waals surface area contributed by atoms with Crippen molar-refractivity contribution in [3.8, 4) is 0 Å². The van der Waals surface area contributed by atoms with Crippen LogP contribution in [0.2, 0.25) is 0 Å². The van der Waals surface area contributed by atoms with Crippen molar-refractivity contribution in [2.45, 2.75) is 46.1 Å². The summed E-state index contributed by atoms with van der Waals surface area (Å²) in [7, 11) is 0. The van der Waals surface area contributed by atoms with Gasteiger partial charge >= 0.3 is 0 Å². The minimum Gasteiger partial charge on any atom is -0.363 e. The number of aromatic nitrogens is 3. The van der Waals surface area contributed by atoms with Crippen LogP contribution in [0, 0.1) is 5.41 Å². The first kappa shape index (κ1) is 16.8. The van der Waals surface area contributed by atoms with Crippen molar-refractivity contribution in [2.75, 3.05) is 6.54 Å². The number of nitrogens with one attached hydrogen (secondary N) is 1. The fourth-order valence-corrected chi connectivity index (χ4v) is 3.68. The number of likely N-dealkylation sites (tertiary alicyclic amines) is 1. The SMILES string of the molecule is CC(C)(C)Cc1noc2ncc(C(=O)N3CCC[C@H]3c3ccc[nH]3)cc12. The number of H-pyrrole nitrogens is 1. The van der Waals surface area contributed by atoms with Gasteiger partial charge in [-0.15, -0.1) is 0 Å². The molecule has 6 heteroatoms. The Labute approximate surface area is 152 Å². The molecule has 0 saturated carbocycles. The highest BCUT2D eigenvalue weighted by atomic mass is 16.5. The predicted molar refractivity (Wildman–Crippen MR) is 98.8 cm³/mol. The topological polar surface area (TPSA) is 75.0 Å². The average Bonchev–Trinajstić information content (AvgIpc) is 3.33. The van der Waals surface area contributed by atoms with Gasteiger partial charge in [-0.05, 0) is 42.9 Å². The highest BCUT2D eigenvalue weighted by molar-refractivity contribution is 5.97. The molecule has 0 aromatic carbocycles. The molecule has 0 spiro atoms. The number of pyridine rings is 1. The van der Waals surface area contributed by atoms with Gasteiger partial charge in [0.25, 0.3) is 11.6 Å². The summed E-state index contributed by atoms with van der Waals surface area (Å²) in [5, 5.41) is 5.00. The summed E-state index contributed by atoms with van der Waals surface area (Å²) in [4.78, 5) is 22.6. The van der Waals surface area contributed by atoms with Gasteiger partial charge in [-0.1, -0.05) is 25.9 Å². The molecule has 1 N–H and O–H groups in total. The molecule has 6 nitrogen and oxygen atoms in total. The lowest BCUT2D eigenvalue weighted by molar-refractivity contribution is 0.0733. The Balaban J connectivity index is 1.65. The summed E-state index contributed by atoms with van der Waals surface area (Å²) >= 11 is 0. The molecule has 1 amide bonds. The molecule has 0 aliphatic carbocycles. The monoisotopic (exact) mass is 352 g/mol. The van der Waals surface area contributed by atoms with Crippen LogP contribution in [0.5, 0.6) is 0 Å². The van der Waals surface area contributed by atoms with E-state index in [9.17, 15) is 4.79 Å². The summed E-state index contributed by atoms with van der Waals surface area (Å²) in [6, 6.07) is 6.00. The molecule has 26 heavy (non-hydrogen) atoms. The van der Waals surface area contributed by atoms with Crippen LogP contribution < -0.4 is 0 Å². The van der Waals surface area contributed by atoms with E-state index in [1.54, 1.807) is 6.20 Å². The van der Waals surface area contributed by atoms with Crippen LogP contribution in [0.4, 0.5) is 0 Å². The van der Waals surface area contributed by atoms with Crippen LogP contribution in [0.1, 0.15) is 61.4 Å². The van der Waals surface area contributed by atoms with Gasteiger partial charge in [0, 0.05) is 24.6 Å². The van der Waals surface area contributed by atoms with Crippen LogP contribution in [-0.4, -0.2) is 32.5 Å². The van der Waals surface area contributed by atoms with Gasteiger partial charge in [-0.25, -0.2) is 4.98 Å². The van der Waals surface area contributed by atoms with Crippen molar-refractivity contribution < 1.29 is 9.32 Å². The zero-order chi connectivity index (χ0) is 18.3. The number of hydrogen-bond acceptors (Lipinski definition) is 4. The van der Waals surface area contributed by atoms with Gasteiger partial charge in [0.05, 0.1) is 22.7 Å². The van der Waals surface area contributed by atoms with E-state index in [1.165, 1.54) is 0 Å². The number of amides is 1. The summed E-state index contributed by atoms with van der Waals surface area (Å²) < 4.78 is 5.34. The van der Waals surface area contributed by atoms with Gasteiger partial charge in [0.2, 0.25) is 0 Å². The van der Waals surface area contributed by atoms with E-state index in [4.69, 9.17) is 4.52 Å². The molecule has 0 radical (unpaired) electrons. The molecular formula is C20H24N4O2. The second kappa shape index (κ2) is 6.27. The van der Waals surface area contributed by atoms with Gasteiger partial charge in [0.15, 0.2) is 0 Å². The fourth-order valence-electron chi connectivity index (χ4n) is 3.68. The normalized spacial score (nSPS) is 18.0. The Morgan fingerprint density at radius 3 is 3.00 bits per heavy atom. The summed E-state index contributed by atoms with van der Waals surface area (Å²) in [6.07, 6.45) is 6.26. The predicted octanol–water partition coefficient (Wildman–Crippen LogP) is 4.12. The minimum atomic E-state index is 0.0133. The largest absolute Gasteiger partial charge is 0.363 e. The van der Waals surface area contributed by atoms with E-state index >= 15 is 0 Å². The Bertz CT molecular complexity index is 921. The van der Waals surface area contributed by atoms with E-state index in [-0.39, 0.29) is 17.4 Å². The third-order valence-corrected chi connectivity index (χ3v) is 4.84. The van der Waals surface area contributed by atoms with Gasteiger partial charge < -0.3 is 14.4 Å². The molecule has 136 valence electrons. The number of hydrogen-bond donors (Lipinski definition) is 1. The zero-order valence-corrected chi connectivity index (χ0v) is 15.5. The maximum absolute atomic E-state index is 13.1. The molecule has 1 aliphatic heterocycles. The van der Waals surface area contributed by atoms with Crippen LogP contribution >= 0.6 is 0 Å². The van der Waals surface area contributed by atoms with Crippen molar-refractivity contribution in [3.63, 3.8) is 0 Å². The van der Waals surface area contributed by atoms with E-state index in [2.05, 4.69) is 35.9 Å². The molecule has 1 saturated heterocycles. The molecule has 3 aromatic rings. The maximum Gasteiger partial charge on any atom is 0.257 e. The molecule has 1 atom stereocenters. The number of carbonyl (C=O) groups excluding carboxylic acids is 1. The number of rotatable bonds is 3. The van der Waals surface area contributed by atoms with E-state index in [0.29, 0.717) is 11.3 Å². The molecule has 0 bridgehead atoms.